The second-order valence-electron chi connectivity index (χ2n) is 6.49. The van der Waals surface area contributed by atoms with Crippen LogP contribution >= 0.6 is 0 Å². The van der Waals surface area contributed by atoms with E-state index in [0.717, 1.165) is 19.3 Å². The van der Waals surface area contributed by atoms with E-state index in [0.29, 0.717) is 29.1 Å². The van der Waals surface area contributed by atoms with Gasteiger partial charge in [-0.15, -0.1) is 0 Å². The van der Waals surface area contributed by atoms with Gasteiger partial charge in [-0.25, -0.2) is 14.4 Å². The number of piperidine rings is 1. The zero-order valence-corrected chi connectivity index (χ0v) is 14.6. The number of nitrogens with two attached hydrogens (primary N) is 1. The Morgan fingerprint density at radius 3 is 2.85 bits per heavy atom. The van der Waals surface area contributed by atoms with Crippen molar-refractivity contribution >= 4 is 11.9 Å². The van der Waals surface area contributed by atoms with Gasteiger partial charge in [-0.05, 0) is 31.4 Å². The highest BCUT2D eigenvalue weighted by molar-refractivity contribution is 5.92. The predicted octanol–water partition coefficient (Wildman–Crippen LogP) is 2.96. The lowest BCUT2D eigenvalue weighted by molar-refractivity contribution is 0.0600. The molecule has 8 heteroatoms. The minimum atomic E-state index is -0.366. The predicted molar refractivity (Wildman–Crippen MR) is 98.1 cm³/mol. The van der Waals surface area contributed by atoms with E-state index in [2.05, 4.69) is 20.2 Å². The van der Waals surface area contributed by atoms with E-state index in [9.17, 15) is 9.18 Å². The lowest BCUT2D eigenvalue weighted by atomic mass is 9.93. The van der Waals surface area contributed by atoms with Crippen molar-refractivity contribution in [3.63, 3.8) is 0 Å². The highest BCUT2D eigenvalue weighted by Gasteiger charge is 2.32. The Bertz CT molecular complexity index is 959. The summed E-state index contributed by atoms with van der Waals surface area (Å²) < 4.78 is 14.4. The topological polar surface area (TPSA) is 101 Å². The fraction of sp³-hybridized carbons (Fsp3) is 0.263. The number of carbonyl (C=O) groups is 1. The first-order valence-electron chi connectivity index (χ1n) is 8.83. The van der Waals surface area contributed by atoms with Crippen LogP contribution in [0, 0.1) is 5.82 Å². The van der Waals surface area contributed by atoms with Crippen molar-refractivity contribution in [3.8, 4) is 11.1 Å². The summed E-state index contributed by atoms with van der Waals surface area (Å²) in [5.41, 5.74) is 7.76. The number of anilines is 1. The number of hydrogen-bond acceptors (Lipinski definition) is 5. The molecular formula is C19H19FN6O. The van der Waals surface area contributed by atoms with Gasteiger partial charge in [0.25, 0.3) is 5.91 Å². The van der Waals surface area contributed by atoms with E-state index >= 15 is 0 Å². The van der Waals surface area contributed by atoms with Crippen LogP contribution in [0.5, 0.6) is 0 Å². The Morgan fingerprint density at radius 2 is 2.07 bits per heavy atom. The fourth-order valence-electron chi connectivity index (χ4n) is 3.54. The number of aromatic nitrogens is 4. The SMILES string of the molecule is Nc1ncc(-c2ccccc2F)c([C@H]2CCCCN2C(=O)c2ccn[nH]2)n1. The van der Waals surface area contributed by atoms with E-state index in [1.807, 2.05) is 0 Å². The summed E-state index contributed by atoms with van der Waals surface area (Å²) in [6.07, 6.45) is 5.63. The van der Waals surface area contributed by atoms with Gasteiger partial charge in [0, 0.05) is 30.1 Å². The van der Waals surface area contributed by atoms with E-state index in [-0.39, 0.29) is 23.7 Å². The standard InChI is InChI=1S/C19H19FN6O/c20-14-6-2-1-5-12(14)13-11-22-19(21)24-17(13)16-7-3-4-10-26(16)18(27)15-8-9-23-25-15/h1-2,5-6,8-9,11,16H,3-4,7,10H2,(H,23,25)(H2,21,22,24)/t16-/m1/s1. The van der Waals surface area contributed by atoms with Gasteiger partial charge in [-0.2, -0.15) is 5.10 Å². The molecule has 3 heterocycles. The number of aromatic amines is 1. The zero-order valence-electron chi connectivity index (χ0n) is 14.6. The molecule has 27 heavy (non-hydrogen) atoms. The van der Waals surface area contributed by atoms with Crippen molar-refractivity contribution in [1.82, 2.24) is 25.1 Å². The minimum Gasteiger partial charge on any atom is -0.368 e. The van der Waals surface area contributed by atoms with Gasteiger partial charge in [0.05, 0.1) is 11.7 Å². The summed E-state index contributed by atoms with van der Waals surface area (Å²) in [7, 11) is 0. The Balaban J connectivity index is 1.80. The normalized spacial score (nSPS) is 17.1. The third kappa shape index (κ3) is 3.25. The van der Waals surface area contributed by atoms with E-state index in [1.54, 1.807) is 35.4 Å². The van der Waals surface area contributed by atoms with Crippen LogP contribution in [0.25, 0.3) is 11.1 Å². The van der Waals surface area contributed by atoms with Gasteiger partial charge >= 0.3 is 0 Å². The summed E-state index contributed by atoms with van der Waals surface area (Å²) in [6.45, 7) is 0.586. The van der Waals surface area contributed by atoms with Gasteiger partial charge < -0.3 is 10.6 Å². The number of hydrogen-bond donors (Lipinski definition) is 2. The largest absolute Gasteiger partial charge is 0.368 e. The van der Waals surface area contributed by atoms with Crippen LogP contribution in [0.1, 0.15) is 41.5 Å². The average Bonchev–Trinajstić information content (AvgIpc) is 3.23. The molecule has 1 atom stereocenters. The molecular weight excluding hydrogens is 347 g/mol. The quantitative estimate of drug-likeness (QED) is 0.742. The Hall–Kier alpha value is -3.29. The second-order valence-corrected chi connectivity index (χ2v) is 6.49. The molecule has 0 spiro atoms. The number of nitrogen functional groups attached to an aromatic ring is 1. The molecule has 3 N–H and O–H groups in total. The number of likely N-dealkylation sites (tertiary alicyclic amines) is 1. The van der Waals surface area contributed by atoms with Gasteiger partial charge in [0.1, 0.15) is 11.5 Å². The maximum atomic E-state index is 14.4. The molecule has 1 fully saturated rings. The molecule has 0 radical (unpaired) electrons. The number of rotatable bonds is 3. The molecule has 3 aromatic rings. The number of benzene rings is 1. The number of carbonyl (C=O) groups excluding carboxylic acids is 1. The highest BCUT2D eigenvalue weighted by Crippen LogP contribution is 2.37. The molecule has 1 aromatic carbocycles. The number of H-pyrrole nitrogens is 1. The lowest BCUT2D eigenvalue weighted by Crippen LogP contribution is -2.39. The number of halogens is 1. The maximum Gasteiger partial charge on any atom is 0.272 e. The van der Waals surface area contributed by atoms with Crippen LogP contribution < -0.4 is 5.73 Å². The van der Waals surface area contributed by atoms with E-state index < -0.39 is 0 Å². The molecule has 1 amide bonds. The fourth-order valence-corrected chi connectivity index (χ4v) is 3.54. The Labute approximate surface area is 155 Å². The third-order valence-corrected chi connectivity index (χ3v) is 4.81. The van der Waals surface area contributed by atoms with Crippen LogP contribution in [0.2, 0.25) is 0 Å². The summed E-state index contributed by atoms with van der Waals surface area (Å²) in [5.74, 6) is -0.423. The Kier molecular flexibility index (Phi) is 4.53. The summed E-state index contributed by atoms with van der Waals surface area (Å²) in [6, 6.07) is 7.79. The minimum absolute atomic E-state index is 0.101. The molecule has 1 aliphatic heterocycles. The summed E-state index contributed by atoms with van der Waals surface area (Å²) in [4.78, 5) is 23.2. The van der Waals surface area contributed by atoms with Crippen molar-refractivity contribution in [2.75, 3.05) is 12.3 Å². The molecule has 1 saturated heterocycles. The smallest absolute Gasteiger partial charge is 0.272 e. The van der Waals surface area contributed by atoms with Crippen LogP contribution in [0.3, 0.4) is 0 Å². The molecule has 0 bridgehead atoms. The monoisotopic (exact) mass is 366 g/mol. The van der Waals surface area contributed by atoms with Gasteiger partial charge in [0.2, 0.25) is 5.95 Å². The first-order valence-corrected chi connectivity index (χ1v) is 8.83. The van der Waals surface area contributed by atoms with Crippen molar-refractivity contribution in [2.45, 2.75) is 25.3 Å². The first kappa shape index (κ1) is 17.1. The number of nitrogens with one attached hydrogen (secondary N) is 1. The third-order valence-electron chi connectivity index (χ3n) is 4.81. The molecule has 0 aliphatic carbocycles. The van der Waals surface area contributed by atoms with Gasteiger partial charge in [-0.1, -0.05) is 18.2 Å². The first-order chi connectivity index (χ1) is 13.1. The summed E-state index contributed by atoms with van der Waals surface area (Å²) in [5, 5.41) is 6.57. The van der Waals surface area contributed by atoms with E-state index in [4.69, 9.17) is 5.73 Å². The van der Waals surface area contributed by atoms with Crippen molar-refractivity contribution in [2.24, 2.45) is 0 Å². The molecule has 1 aliphatic rings. The second kappa shape index (κ2) is 7.14. The van der Waals surface area contributed by atoms with Crippen molar-refractivity contribution in [3.05, 3.63) is 59.9 Å². The number of amides is 1. The molecule has 138 valence electrons. The van der Waals surface area contributed by atoms with Crippen LogP contribution in [-0.2, 0) is 0 Å². The molecule has 4 rings (SSSR count). The van der Waals surface area contributed by atoms with Crippen molar-refractivity contribution < 1.29 is 9.18 Å². The maximum absolute atomic E-state index is 14.4. The van der Waals surface area contributed by atoms with E-state index in [1.165, 1.54) is 12.3 Å². The summed E-state index contributed by atoms with van der Waals surface area (Å²) >= 11 is 0. The molecule has 7 nitrogen and oxygen atoms in total. The van der Waals surface area contributed by atoms with Crippen LogP contribution in [0.4, 0.5) is 10.3 Å². The highest BCUT2D eigenvalue weighted by atomic mass is 19.1. The lowest BCUT2D eigenvalue weighted by Gasteiger charge is -2.36. The van der Waals surface area contributed by atoms with Crippen LogP contribution in [-0.4, -0.2) is 37.5 Å². The number of nitrogens with zero attached hydrogens (tertiary/aromatic N) is 4. The molecule has 0 saturated carbocycles. The molecule has 0 unspecified atom stereocenters. The van der Waals surface area contributed by atoms with Gasteiger partial charge in [0.15, 0.2) is 0 Å². The van der Waals surface area contributed by atoms with Crippen LogP contribution in [0.15, 0.2) is 42.7 Å². The molecule has 2 aromatic heterocycles. The van der Waals surface area contributed by atoms with Crippen molar-refractivity contribution in [1.29, 1.82) is 0 Å². The average molecular weight is 366 g/mol. The Morgan fingerprint density at radius 1 is 1.22 bits per heavy atom. The van der Waals surface area contributed by atoms with Gasteiger partial charge in [-0.3, -0.25) is 9.89 Å². The zero-order chi connectivity index (χ0) is 18.8.